The van der Waals surface area contributed by atoms with Crippen molar-refractivity contribution in [3.05, 3.63) is 58.1 Å². The molecule has 2 rings (SSSR count). The van der Waals surface area contributed by atoms with Crippen molar-refractivity contribution >= 4 is 23.3 Å². The zero-order valence-corrected chi connectivity index (χ0v) is 12.9. The number of nitrogens with zero attached hydrogens (tertiary/aromatic N) is 1. The Balaban J connectivity index is 1.90. The first kappa shape index (κ1) is 15.4. The van der Waals surface area contributed by atoms with Gasteiger partial charge in [0, 0.05) is 17.2 Å². The summed E-state index contributed by atoms with van der Waals surface area (Å²) in [4.78, 5) is 16.8. The van der Waals surface area contributed by atoms with Gasteiger partial charge in [0.2, 0.25) is 5.91 Å². The van der Waals surface area contributed by atoms with Crippen LogP contribution in [0.1, 0.15) is 22.4 Å². The Morgan fingerprint density at radius 2 is 2.14 bits per heavy atom. The molecular weight excluding hydrogens is 284 g/mol. The Labute approximate surface area is 128 Å². The van der Waals surface area contributed by atoms with Gasteiger partial charge in [0.05, 0.1) is 11.6 Å². The van der Waals surface area contributed by atoms with E-state index in [-0.39, 0.29) is 12.5 Å². The van der Waals surface area contributed by atoms with E-state index in [0.717, 1.165) is 15.4 Å². The Bertz CT molecular complexity index is 633. The fraction of sp³-hybridized carbons (Fsp3) is 0.250. The third kappa shape index (κ3) is 4.51. The minimum absolute atomic E-state index is 0.155. The summed E-state index contributed by atoms with van der Waals surface area (Å²) in [5, 5.41) is 14.0. The number of thiazole rings is 1. The van der Waals surface area contributed by atoms with E-state index in [1.54, 1.807) is 19.2 Å². The second-order valence-corrected chi connectivity index (χ2v) is 6.24. The molecule has 110 valence electrons. The number of benzene rings is 1. The maximum absolute atomic E-state index is 11.8. The van der Waals surface area contributed by atoms with E-state index in [1.165, 1.54) is 17.4 Å². The third-order valence-corrected chi connectivity index (χ3v) is 3.92. The quantitative estimate of drug-likeness (QED) is 0.834. The molecule has 0 aliphatic rings. The van der Waals surface area contributed by atoms with Crippen molar-refractivity contribution in [1.82, 2.24) is 10.3 Å². The monoisotopic (exact) mass is 302 g/mol. The molecule has 21 heavy (non-hydrogen) atoms. The highest BCUT2D eigenvalue weighted by molar-refractivity contribution is 7.12. The molecule has 5 heteroatoms. The second-order valence-electron chi connectivity index (χ2n) is 4.97. The summed E-state index contributed by atoms with van der Waals surface area (Å²) in [5.41, 5.74) is -0.321. The maximum atomic E-state index is 11.8. The minimum atomic E-state index is -1.09. The number of aliphatic hydroxyl groups is 1. The summed E-state index contributed by atoms with van der Waals surface area (Å²) < 4.78 is 0. The topological polar surface area (TPSA) is 62.2 Å². The molecule has 0 fully saturated rings. The standard InChI is InChI=1S/C16H18N2O2S/c1-12-17-10-14(21-12)8-9-15(19)18-11-16(2,20)13-6-4-3-5-7-13/h3-10,20H,11H2,1-2H3,(H,18,19). The molecule has 1 atom stereocenters. The van der Waals surface area contributed by atoms with Gasteiger partial charge >= 0.3 is 0 Å². The smallest absolute Gasteiger partial charge is 0.244 e. The fourth-order valence-corrected chi connectivity index (χ4v) is 2.52. The van der Waals surface area contributed by atoms with Crippen LogP contribution in [0.3, 0.4) is 0 Å². The van der Waals surface area contributed by atoms with E-state index in [4.69, 9.17) is 0 Å². The van der Waals surface area contributed by atoms with Crippen LogP contribution >= 0.6 is 11.3 Å². The summed E-state index contributed by atoms with van der Waals surface area (Å²) in [5.74, 6) is -0.239. The van der Waals surface area contributed by atoms with Gasteiger partial charge in [0.1, 0.15) is 5.60 Å². The predicted molar refractivity (Wildman–Crippen MR) is 84.9 cm³/mol. The first-order chi connectivity index (χ1) is 9.97. The number of amides is 1. The summed E-state index contributed by atoms with van der Waals surface area (Å²) in [6.45, 7) is 3.75. The van der Waals surface area contributed by atoms with E-state index >= 15 is 0 Å². The number of hydrogen-bond donors (Lipinski definition) is 2. The van der Waals surface area contributed by atoms with Gasteiger partial charge in [-0.3, -0.25) is 4.79 Å². The van der Waals surface area contributed by atoms with Crippen molar-refractivity contribution in [2.45, 2.75) is 19.4 Å². The molecule has 2 aromatic rings. The molecule has 4 nitrogen and oxygen atoms in total. The van der Waals surface area contributed by atoms with E-state index in [2.05, 4.69) is 10.3 Å². The van der Waals surface area contributed by atoms with Gasteiger partial charge in [0.25, 0.3) is 0 Å². The average Bonchev–Trinajstić information content (AvgIpc) is 2.90. The molecule has 1 amide bonds. The van der Waals surface area contributed by atoms with E-state index < -0.39 is 5.60 Å². The van der Waals surface area contributed by atoms with Crippen molar-refractivity contribution < 1.29 is 9.90 Å². The van der Waals surface area contributed by atoms with Crippen molar-refractivity contribution in [2.75, 3.05) is 6.54 Å². The Hall–Kier alpha value is -1.98. The van der Waals surface area contributed by atoms with E-state index in [1.807, 2.05) is 37.3 Å². The Morgan fingerprint density at radius 3 is 2.76 bits per heavy atom. The maximum Gasteiger partial charge on any atom is 0.244 e. The molecule has 2 N–H and O–H groups in total. The van der Waals surface area contributed by atoms with E-state index in [9.17, 15) is 9.90 Å². The summed E-state index contributed by atoms with van der Waals surface area (Å²) in [6.07, 6.45) is 4.90. The molecule has 0 saturated carbocycles. The van der Waals surface area contributed by atoms with Crippen LogP contribution in [0.5, 0.6) is 0 Å². The minimum Gasteiger partial charge on any atom is -0.384 e. The largest absolute Gasteiger partial charge is 0.384 e. The third-order valence-electron chi connectivity index (χ3n) is 3.04. The van der Waals surface area contributed by atoms with Gasteiger partial charge in [-0.05, 0) is 25.5 Å². The molecule has 0 bridgehead atoms. The molecule has 0 radical (unpaired) electrons. The Kier molecular flexibility index (Phi) is 4.88. The number of carbonyl (C=O) groups excluding carboxylic acids is 1. The number of hydrogen-bond acceptors (Lipinski definition) is 4. The van der Waals surface area contributed by atoms with Gasteiger partial charge in [-0.15, -0.1) is 11.3 Å². The van der Waals surface area contributed by atoms with Crippen molar-refractivity contribution in [3.8, 4) is 0 Å². The highest BCUT2D eigenvalue weighted by Gasteiger charge is 2.22. The first-order valence-electron chi connectivity index (χ1n) is 6.63. The van der Waals surface area contributed by atoms with Crippen LogP contribution in [0.25, 0.3) is 6.08 Å². The highest BCUT2D eigenvalue weighted by Crippen LogP contribution is 2.19. The molecule has 0 aliphatic carbocycles. The second kappa shape index (κ2) is 6.65. The number of aromatic nitrogens is 1. The SMILES string of the molecule is Cc1ncc(C=CC(=O)NCC(C)(O)c2ccccc2)s1. The molecule has 0 saturated heterocycles. The van der Waals surface area contributed by atoms with Crippen LogP contribution < -0.4 is 5.32 Å². The number of nitrogens with one attached hydrogen (secondary N) is 1. The van der Waals surface area contributed by atoms with Crippen LogP contribution in [0.2, 0.25) is 0 Å². The van der Waals surface area contributed by atoms with Crippen LogP contribution in [0, 0.1) is 6.92 Å². The molecule has 1 unspecified atom stereocenters. The van der Waals surface area contributed by atoms with Crippen LogP contribution in [-0.2, 0) is 10.4 Å². The zero-order chi connectivity index (χ0) is 15.3. The molecule has 1 aromatic carbocycles. The number of aryl methyl sites for hydroxylation is 1. The summed E-state index contributed by atoms with van der Waals surface area (Å²) >= 11 is 1.52. The normalized spacial score (nSPS) is 14.0. The van der Waals surface area contributed by atoms with Crippen molar-refractivity contribution in [3.63, 3.8) is 0 Å². The van der Waals surface area contributed by atoms with Gasteiger partial charge < -0.3 is 10.4 Å². The first-order valence-corrected chi connectivity index (χ1v) is 7.45. The van der Waals surface area contributed by atoms with Gasteiger partial charge in [-0.1, -0.05) is 30.3 Å². The lowest BCUT2D eigenvalue weighted by Crippen LogP contribution is -2.37. The van der Waals surface area contributed by atoms with Gasteiger partial charge in [-0.2, -0.15) is 0 Å². The van der Waals surface area contributed by atoms with Crippen LogP contribution in [0.4, 0.5) is 0 Å². The van der Waals surface area contributed by atoms with Gasteiger partial charge in [-0.25, -0.2) is 4.98 Å². The molecular formula is C16H18N2O2S. The molecule has 0 spiro atoms. The van der Waals surface area contributed by atoms with E-state index in [0.29, 0.717) is 0 Å². The van der Waals surface area contributed by atoms with Crippen molar-refractivity contribution in [2.24, 2.45) is 0 Å². The lowest BCUT2D eigenvalue weighted by atomic mass is 9.96. The lowest BCUT2D eigenvalue weighted by Gasteiger charge is -2.23. The zero-order valence-electron chi connectivity index (χ0n) is 12.0. The number of rotatable bonds is 5. The summed E-state index contributed by atoms with van der Waals surface area (Å²) in [7, 11) is 0. The summed E-state index contributed by atoms with van der Waals surface area (Å²) in [6, 6.07) is 9.28. The van der Waals surface area contributed by atoms with Crippen LogP contribution in [0.15, 0.2) is 42.6 Å². The van der Waals surface area contributed by atoms with Crippen molar-refractivity contribution in [1.29, 1.82) is 0 Å². The Morgan fingerprint density at radius 1 is 1.43 bits per heavy atom. The van der Waals surface area contributed by atoms with Gasteiger partial charge in [0.15, 0.2) is 0 Å². The van der Waals surface area contributed by atoms with Crippen LogP contribution in [-0.4, -0.2) is 22.5 Å². The fourth-order valence-electron chi connectivity index (χ4n) is 1.83. The molecule has 1 heterocycles. The highest BCUT2D eigenvalue weighted by atomic mass is 32.1. The number of carbonyl (C=O) groups is 1. The molecule has 1 aromatic heterocycles. The predicted octanol–water partition coefficient (Wildman–Crippen LogP) is 2.49. The molecule has 0 aliphatic heterocycles. The average molecular weight is 302 g/mol. The lowest BCUT2D eigenvalue weighted by molar-refractivity contribution is -0.117.